The van der Waals surface area contributed by atoms with Gasteiger partial charge in [-0.25, -0.2) is 0 Å². The number of nitrogens with zero attached hydrogens (tertiary/aromatic N) is 1. The summed E-state index contributed by atoms with van der Waals surface area (Å²) in [4.78, 5) is 11.2. The number of amides is 1. The van der Waals surface area contributed by atoms with Crippen molar-refractivity contribution >= 4 is 11.6 Å². The molecule has 0 aliphatic carbocycles. The van der Waals surface area contributed by atoms with Crippen molar-refractivity contribution in [3.63, 3.8) is 0 Å². The predicted molar refractivity (Wildman–Crippen MR) is 61.0 cm³/mol. The Labute approximate surface area is 94.3 Å². The van der Waals surface area contributed by atoms with E-state index in [1.807, 2.05) is 18.2 Å². The Morgan fingerprint density at radius 2 is 2.38 bits per heavy atom. The van der Waals surface area contributed by atoms with Crippen molar-refractivity contribution in [1.29, 1.82) is 5.26 Å². The third-order valence-corrected chi connectivity index (χ3v) is 2.59. The van der Waals surface area contributed by atoms with Gasteiger partial charge in [0.25, 0.3) is 0 Å². The highest BCUT2D eigenvalue weighted by molar-refractivity contribution is 5.99. The number of anilines is 1. The van der Waals surface area contributed by atoms with E-state index in [9.17, 15) is 4.79 Å². The zero-order valence-electron chi connectivity index (χ0n) is 8.92. The summed E-state index contributed by atoms with van der Waals surface area (Å²) in [5.74, 6) is 0.0646. The van der Waals surface area contributed by atoms with Crippen LogP contribution < -0.4 is 10.6 Å². The number of fused-ring (bicyclic) bond motifs is 1. The van der Waals surface area contributed by atoms with Gasteiger partial charge in [0.05, 0.1) is 19.0 Å². The van der Waals surface area contributed by atoms with Crippen molar-refractivity contribution in [1.82, 2.24) is 5.32 Å². The molecule has 0 unspecified atom stereocenters. The normalized spacial score (nSPS) is 13.1. The summed E-state index contributed by atoms with van der Waals surface area (Å²) >= 11 is 0. The molecule has 2 N–H and O–H groups in total. The molecule has 4 heteroatoms. The molecular weight excluding hydrogens is 202 g/mol. The molecule has 1 aliphatic rings. The highest BCUT2D eigenvalue weighted by Crippen LogP contribution is 2.23. The topological polar surface area (TPSA) is 64.9 Å². The minimum absolute atomic E-state index is 0.0646. The summed E-state index contributed by atoms with van der Waals surface area (Å²) in [6, 6.07) is 8.05. The number of rotatable bonds is 4. The molecule has 1 aromatic carbocycles. The number of nitriles is 1. The van der Waals surface area contributed by atoms with E-state index < -0.39 is 0 Å². The first kappa shape index (κ1) is 10.7. The minimum atomic E-state index is 0.0646. The summed E-state index contributed by atoms with van der Waals surface area (Å²) in [6.07, 6.45) is 1.36. The Hall–Kier alpha value is -1.86. The number of hydrogen-bond donors (Lipinski definition) is 2. The van der Waals surface area contributed by atoms with Gasteiger partial charge >= 0.3 is 0 Å². The molecule has 1 aromatic rings. The van der Waals surface area contributed by atoms with Crippen LogP contribution in [0.15, 0.2) is 18.2 Å². The molecule has 1 amide bonds. The molecule has 0 fully saturated rings. The van der Waals surface area contributed by atoms with Crippen LogP contribution >= 0.6 is 0 Å². The lowest BCUT2D eigenvalue weighted by molar-refractivity contribution is -0.115. The van der Waals surface area contributed by atoms with Gasteiger partial charge in [-0.3, -0.25) is 4.79 Å². The standard InChI is InChI=1S/C12H13N3O/c13-4-6-14-5-3-9-1-2-11-10(7-9)8-12(16)15-11/h1-2,7,14H,3,5-6,8H2,(H,15,16). The first-order valence-electron chi connectivity index (χ1n) is 5.29. The Morgan fingerprint density at radius 3 is 3.19 bits per heavy atom. The number of hydrogen-bond acceptors (Lipinski definition) is 3. The van der Waals surface area contributed by atoms with Gasteiger partial charge in [-0.05, 0) is 23.6 Å². The van der Waals surface area contributed by atoms with Gasteiger partial charge in [0.1, 0.15) is 0 Å². The van der Waals surface area contributed by atoms with E-state index in [1.165, 1.54) is 5.56 Å². The van der Waals surface area contributed by atoms with Crippen molar-refractivity contribution in [3.05, 3.63) is 29.3 Å². The molecule has 0 spiro atoms. The lowest BCUT2D eigenvalue weighted by Crippen LogP contribution is -2.17. The van der Waals surface area contributed by atoms with E-state index >= 15 is 0 Å². The van der Waals surface area contributed by atoms with Crippen molar-refractivity contribution in [3.8, 4) is 6.07 Å². The third kappa shape index (κ3) is 2.38. The number of carbonyl (C=O) groups is 1. The Morgan fingerprint density at radius 1 is 1.50 bits per heavy atom. The first-order chi connectivity index (χ1) is 7.79. The molecular formula is C12H13N3O. The van der Waals surface area contributed by atoms with E-state index in [2.05, 4.69) is 16.7 Å². The van der Waals surface area contributed by atoms with Crippen LogP contribution in [0.3, 0.4) is 0 Å². The number of carbonyl (C=O) groups excluding carboxylic acids is 1. The average molecular weight is 215 g/mol. The van der Waals surface area contributed by atoms with Crippen LogP contribution in [0.25, 0.3) is 0 Å². The fraction of sp³-hybridized carbons (Fsp3) is 0.333. The monoisotopic (exact) mass is 215 g/mol. The molecule has 0 saturated carbocycles. The summed E-state index contributed by atoms with van der Waals surface area (Å²) in [5.41, 5.74) is 3.20. The van der Waals surface area contributed by atoms with Crippen LogP contribution in [0.2, 0.25) is 0 Å². The van der Waals surface area contributed by atoms with Crippen LogP contribution in [0.1, 0.15) is 11.1 Å². The number of nitrogens with one attached hydrogen (secondary N) is 2. The van der Waals surface area contributed by atoms with Crippen LogP contribution in [-0.2, 0) is 17.6 Å². The molecule has 0 bridgehead atoms. The van der Waals surface area contributed by atoms with Crippen molar-refractivity contribution < 1.29 is 4.79 Å². The highest BCUT2D eigenvalue weighted by Gasteiger charge is 2.16. The molecule has 0 aromatic heterocycles. The smallest absolute Gasteiger partial charge is 0.228 e. The van der Waals surface area contributed by atoms with Crippen LogP contribution in [-0.4, -0.2) is 19.0 Å². The Balaban J connectivity index is 1.95. The summed E-state index contributed by atoms with van der Waals surface area (Å²) < 4.78 is 0. The highest BCUT2D eigenvalue weighted by atomic mass is 16.1. The molecule has 82 valence electrons. The quantitative estimate of drug-likeness (QED) is 0.577. The first-order valence-corrected chi connectivity index (χ1v) is 5.29. The van der Waals surface area contributed by atoms with Gasteiger partial charge in [0, 0.05) is 12.2 Å². The van der Waals surface area contributed by atoms with Gasteiger partial charge < -0.3 is 10.6 Å². The minimum Gasteiger partial charge on any atom is -0.326 e. The molecule has 4 nitrogen and oxygen atoms in total. The van der Waals surface area contributed by atoms with Crippen LogP contribution in [0, 0.1) is 11.3 Å². The zero-order valence-corrected chi connectivity index (χ0v) is 8.92. The third-order valence-electron chi connectivity index (χ3n) is 2.59. The van der Waals surface area contributed by atoms with Gasteiger partial charge in [-0.1, -0.05) is 12.1 Å². The molecule has 1 heterocycles. The van der Waals surface area contributed by atoms with E-state index in [0.717, 1.165) is 24.2 Å². The van der Waals surface area contributed by atoms with Gasteiger partial charge in [-0.15, -0.1) is 0 Å². The predicted octanol–water partition coefficient (Wildman–Crippen LogP) is 0.837. The lowest BCUT2D eigenvalue weighted by atomic mass is 10.1. The maximum absolute atomic E-state index is 11.2. The van der Waals surface area contributed by atoms with E-state index in [4.69, 9.17) is 5.26 Å². The average Bonchev–Trinajstić information content (AvgIpc) is 2.64. The maximum Gasteiger partial charge on any atom is 0.228 e. The maximum atomic E-state index is 11.2. The fourth-order valence-electron chi connectivity index (χ4n) is 1.82. The second-order valence-electron chi connectivity index (χ2n) is 3.80. The summed E-state index contributed by atoms with van der Waals surface area (Å²) in [7, 11) is 0. The molecule has 16 heavy (non-hydrogen) atoms. The molecule has 0 radical (unpaired) electrons. The lowest BCUT2D eigenvalue weighted by Gasteiger charge is -2.04. The van der Waals surface area contributed by atoms with E-state index in [-0.39, 0.29) is 5.91 Å². The second kappa shape index (κ2) is 4.77. The van der Waals surface area contributed by atoms with E-state index in [0.29, 0.717) is 13.0 Å². The Kier molecular flexibility index (Phi) is 3.18. The largest absolute Gasteiger partial charge is 0.326 e. The summed E-state index contributed by atoms with van der Waals surface area (Å²) in [5, 5.41) is 14.2. The van der Waals surface area contributed by atoms with E-state index in [1.54, 1.807) is 0 Å². The molecule has 1 aliphatic heterocycles. The zero-order chi connectivity index (χ0) is 11.4. The Bertz CT molecular complexity index is 448. The number of benzene rings is 1. The fourth-order valence-corrected chi connectivity index (χ4v) is 1.82. The SMILES string of the molecule is N#CCNCCc1ccc2c(c1)CC(=O)N2. The van der Waals surface area contributed by atoms with Crippen molar-refractivity contribution in [2.45, 2.75) is 12.8 Å². The molecule has 0 atom stereocenters. The summed E-state index contributed by atoms with van der Waals surface area (Å²) in [6.45, 7) is 1.17. The van der Waals surface area contributed by atoms with Gasteiger partial charge in [-0.2, -0.15) is 5.26 Å². The van der Waals surface area contributed by atoms with Gasteiger partial charge in [0.15, 0.2) is 0 Å². The molecule has 0 saturated heterocycles. The second-order valence-corrected chi connectivity index (χ2v) is 3.80. The van der Waals surface area contributed by atoms with Crippen LogP contribution in [0.4, 0.5) is 5.69 Å². The van der Waals surface area contributed by atoms with Crippen molar-refractivity contribution in [2.24, 2.45) is 0 Å². The van der Waals surface area contributed by atoms with Crippen LogP contribution in [0.5, 0.6) is 0 Å². The van der Waals surface area contributed by atoms with Gasteiger partial charge in [0.2, 0.25) is 5.91 Å². The van der Waals surface area contributed by atoms with Crippen molar-refractivity contribution in [2.75, 3.05) is 18.4 Å². The molecule has 2 rings (SSSR count).